The van der Waals surface area contributed by atoms with Crippen LogP contribution in [-0.2, 0) is 25.0 Å². The van der Waals surface area contributed by atoms with Crippen molar-refractivity contribution in [3.63, 3.8) is 0 Å². The van der Waals surface area contributed by atoms with E-state index in [0.29, 0.717) is 6.54 Å². The van der Waals surface area contributed by atoms with Gasteiger partial charge in [0.15, 0.2) is 5.96 Å². The second kappa shape index (κ2) is 10.0. The number of nitrogens with one attached hydrogen (secondary N) is 2. The highest BCUT2D eigenvalue weighted by Gasteiger charge is 2.24. The Bertz CT molecular complexity index is 753. The van der Waals surface area contributed by atoms with Gasteiger partial charge in [-0.2, -0.15) is 0 Å². The van der Waals surface area contributed by atoms with Gasteiger partial charge in [-0.1, -0.05) is 12.5 Å². The van der Waals surface area contributed by atoms with Gasteiger partial charge in [-0.05, 0) is 44.6 Å². The molecule has 2 aromatic rings. The van der Waals surface area contributed by atoms with Crippen LogP contribution in [0.1, 0.15) is 56.1 Å². The number of guanidine groups is 1. The number of hydrogen-bond donors (Lipinski definition) is 3. The van der Waals surface area contributed by atoms with Crippen LogP contribution in [0, 0.1) is 0 Å². The number of hydrogen-bond acceptors (Lipinski definition) is 5. The van der Waals surface area contributed by atoms with Gasteiger partial charge in [0.2, 0.25) is 0 Å². The van der Waals surface area contributed by atoms with Crippen LogP contribution in [0.4, 0.5) is 0 Å². The van der Waals surface area contributed by atoms with Crippen LogP contribution in [0.2, 0.25) is 0 Å². The number of nitrogens with zero attached hydrogens (tertiary/aromatic N) is 4. The highest BCUT2D eigenvalue weighted by Crippen LogP contribution is 2.25. The first-order chi connectivity index (χ1) is 13.6. The van der Waals surface area contributed by atoms with E-state index in [1.54, 1.807) is 11.3 Å². The van der Waals surface area contributed by atoms with E-state index >= 15 is 0 Å². The summed E-state index contributed by atoms with van der Waals surface area (Å²) in [5.74, 6) is 2.98. The number of fused-ring (bicyclic) bond motifs is 1. The monoisotopic (exact) mass is 404 g/mol. The molecule has 0 radical (unpaired) electrons. The summed E-state index contributed by atoms with van der Waals surface area (Å²) >= 11 is 1.55. The zero-order chi connectivity index (χ0) is 19.8. The van der Waals surface area contributed by atoms with Gasteiger partial charge in [0.05, 0.1) is 6.54 Å². The maximum atomic E-state index is 10.7. The Labute approximate surface area is 171 Å². The molecular formula is C20H32N6OS. The fourth-order valence-electron chi connectivity index (χ4n) is 3.42. The molecule has 0 aliphatic carbocycles. The second-order valence-corrected chi connectivity index (χ2v) is 8.42. The van der Waals surface area contributed by atoms with E-state index in [-0.39, 0.29) is 0 Å². The minimum Gasteiger partial charge on any atom is -0.383 e. The number of aliphatic imine (C=N–C) groups is 1. The quantitative estimate of drug-likeness (QED) is 0.357. The maximum Gasteiger partial charge on any atom is 0.191 e. The van der Waals surface area contributed by atoms with Gasteiger partial charge in [-0.15, -0.1) is 21.5 Å². The summed E-state index contributed by atoms with van der Waals surface area (Å²) in [6.07, 6.45) is 6.64. The smallest absolute Gasteiger partial charge is 0.191 e. The molecular weight excluding hydrogens is 372 g/mol. The average Bonchev–Trinajstić information content (AvgIpc) is 3.29. The van der Waals surface area contributed by atoms with E-state index in [4.69, 9.17) is 0 Å². The van der Waals surface area contributed by atoms with Crippen LogP contribution in [0.3, 0.4) is 0 Å². The van der Waals surface area contributed by atoms with Crippen molar-refractivity contribution < 1.29 is 5.11 Å². The lowest BCUT2D eigenvalue weighted by Crippen LogP contribution is -2.39. The van der Waals surface area contributed by atoms with Crippen LogP contribution < -0.4 is 10.6 Å². The number of rotatable bonds is 8. The third-order valence-electron chi connectivity index (χ3n) is 5.00. The topological polar surface area (TPSA) is 87.4 Å². The molecule has 0 spiro atoms. The maximum absolute atomic E-state index is 10.7. The molecule has 0 aromatic carbocycles. The standard InChI is InChI=1S/C20H32N6OS/c1-3-21-19(23-15-20(2,27)16-9-8-14-28-16)22-12-7-11-18-25-24-17-10-5-4-6-13-26(17)18/h8-9,14,27H,3-7,10-13,15H2,1-2H3,(H2,21,22,23). The van der Waals surface area contributed by atoms with Crippen LogP contribution in [-0.4, -0.2) is 45.5 Å². The minimum absolute atomic E-state index is 0.320. The molecule has 0 fully saturated rings. The van der Waals surface area contributed by atoms with Gasteiger partial charge >= 0.3 is 0 Å². The normalized spacial score (nSPS) is 16.9. The molecule has 0 amide bonds. The molecule has 7 nitrogen and oxygen atoms in total. The molecule has 0 bridgehead atoms. The average molecular weight is 405 g/mol. The Hall–Kier alpha value is -1.93. The van der Waals surface area contributed by atoms with Gasteiger partial charge in [0.1, 0.15) is 17.2 Å². The van der Waals surface area contributed by atoms with Crippen molar-refractivity contribution in [2.75, 3.05) is 19.6 Å². The molecule has 28 heavy (non-hydrogen) atoms. The first kappa shape index (κ1) is 20.8. The van der Waals surface area contributed by atoms with Crippen molar-refractivity contribution in [1.29, 1.82) is 0 Å². The van der Waals surface area contributed by atoms with Crippen LogP contribution in [0.5, 0.6) is 0 Å². The van der Waals surface area contributed by atoms with Crippen molar-refractivity contribution in [1.82, 2.24) is 25.4 Å². The molecule has 2 aromatic heterocycles. The Morgan fingerprint density at radius 1 is 1.32 bits per heavy atom. The minimum atomic E-state index is -0.949. The molecule has 3 rings (SSSR count). The van der Waals surface area contributed by atoms with Gasteiger partial charge in [0, 0.05) is 37.4 Å². The molecule has 154 valence electrons. The Morgan fingerprint density at radius 2 is 2.21 bits per heavy atom. The summed E-state index contributed by atoms with van der Waals surface area (Å²) in [6.45, 7) is 6.80. The zero-order valence-electron chi connectivity index (χ0n) is 16.9. The summed E-state index contributed by atoms with van der Waals surface area (Å²) in [4.78, 5) is 5.51. The second-order valence-electron chi connectivity index (χ2n) is 7.47. The predicted octanol–water partition coefficient (Wildman–Crippen LogP) is 2.46. The van der Waals surface area contributed by atoms with Crippen molar-refractivity contribution >= 4 is 17.3 Å². The fraction of sp³-hybridized carbons (Fsp3) is 0.650. The van der Waals surface area contributed by atoms with E-state index < -0.39 is 5.60 Å². The Kier molecular flexibility index (Phi) is 7.44. The number of thiophene rings is 1. The molecule has 3 N–H and O–H groups in total. The molecule has 1 atom stereocenters. The van der Waals surface area contributed by atoms with E-state index in [9.17, 15) is 5.11 Å². The summed E-state index contributed by atoms with van der Waals surface area (Å²) < 4.78 is 2.31. The lowest BCUT2D eigenvalue weighted by molar-refractivity contribution is 0.0711. The molecule has 0 saturated heterocycles. The van der Waals surface area contributed by atoms with Gasteiger partial charge in [0.25, 0.3) is 0 Å². The number of aliphatic hydroxyl groups is 1. The van der Waals surface area contributed by atoms with Crippen molar-refractivity contribution in [2.45, 2.75) is 64.5 Å². The number of aromatic nitrogens is 3. The lowest BCUT2D eigenvalue weighted by atomic mass is 10.1. The first-order valence-corrected chi connectivity index (χ1v) is 11.2. The largest absolute Gasteiger partial charge is 0.383 e. The fourth-order valence-corrected chi connectivity index (χ4v) is 4.20. The zero-order valence-corrected chi connectivity index (χ0v) is 17.8. The molecule has 1 aliphatic heterocycles. The van der Waals surface area contributed by atoms with Crippen molar-refractivity contribution in [2.24, 2.45) is 4.99 Å². The summed E-state index contributed by atoms with van der Waals surface area (Å²) in [5, 5.41) is 28.0. The van der Waals surface area contributed by atoms with E-state index in [1.165, 1.54) is 19.3 Å². The van der Waals surface area contributed by atoms with Crippen LogP contribution in [0.25, 0.3) is 0 Å². The summed E-state index contributed by atoms with van der Waals surface area (Å²) in [6, 6.07) is 3.90. The first-order valence-electron chi connectivity index (χ1n) is 10.3. The van der Waals surface area contributed by atoms with Crippen molar-refractivity contribution in [3.8, 4) is 0 Å². The van der Waals surface area contributed by atoms with Crippen LogP contribution in [0.15, 0.2) is 22.5 Å². The molecule has 0 saturated carbocycles. The van der Waals surface area contributed by atoms with Crippen LogP contribution >= 0.6 is 11.3 Å². The Morgan fingerprint density at radius 3 is 3.00 bits per heavy atom. The van der Waals surface area contributed by atoms with Gasteiger partial charge < -0.3 is 20.3 Å². The molecule has 1 aliphatic rings. The third-order valence-corrected chi connectivity index (χ3v) is 6.12. The van der Waals surface area contributed by atoms with Gasteiger partial charge in [-0.25, -0.2) is 4.99 Å². The lowest BCUT2D eigenvalue weighted by Gasteiger charge is -2.20. The van der Waals surface area contributed by atoms with E-state index in [1.807, 2.05) is 31.4 Å². The highest BCUT2D eigenvalue weighted by atomic mass is 32.1. The molecule has 3 heterocycles. The van der Waals surface area contributed by atoms with Gasteiger partial charge in [-0.3, -0.25) is 0 Å². The summed E-state index contributed by atoms with van der Waals surface area (Å²) in [7, 11) is 0. The molecule has 8 heteroatoms. The van der Waals surface area contributed by atoms with Crippen molar-refractivity contribution in [3.05, 3.63) is 34.0 Å². The van der Waals surface area contributed by atoms with E-state index in [0.717, 1.165) is 61.4 Å². The SMILES string of the molecule is CCNC(=NCC(C)(O)c1cccs1)NCCCc1nnc2n1CCCCC2. The highest BCUT2D eigenvalue weighted by molar-refractivity contribution is 7.10. The number of aryl methyl sites for hydroxylation is 2. The van der Waals surface area contributed by atoms with E-state index in [2.05, 4.69) is 30.4 Å². The Balaban J connectivity index is 1.49. The predicted molar refractivity (Wildman–Crippen MR) is 114 cm³/mol. The molecule has 1 unspecified atom stereocenters. The third kappa shape index (κ3) is 5.54. The summed E-state index contributed by atoms with van der Waals surface area (Å²) in [5.41, 5.74) is -0.949.